The summed E-state index contributed by atoms with van der Waals surface area (Å²) in [7, 11) is 0. The highest BCUT2D eigenvalue weighted by atomic mass is 16.3. The summed E-state index contributed by atoms with van der Waals surface area (Å²) in [4.78, 5) is 0. The van der Waals surface area contributed by atoms with Crippen molar-refractivity contribution in [3.63, 3.8) is 0 Å². The molecule has 3 N–H and O–H groups in total. The second-order valence-corrected chi connectivity index (χ2v) is 10.5. The smallest absolute Gasteiger partial charge is 0.0708 e. The van der Waals surface area contributed by atoms with E-state index in [1.807, 2.05) is 6.07 Å². The number of aliphatic hydroxyl groups excluding tert-OH is 3. The van der Waals surface area contributed by atoms with E-state index in [1.54, 1.807) is 0 Å². The van der Waals surface area contributed by atoms with Crippen LogP contribution in [0, 0.1) is 29.1 Å². The summed E-state index contributed by atoms with van der Waals surface area (Å²) < 4.78 is 0. The highest BCUT2D eigenvalue weighted by Crippen LogP contribution is 2.60. The Labute approximate surface area is 175 Å². The van der Waals surface area contributed by atoms with Crippen LogP contribution in [0.4, 0.5) is 0 Å². The van der Waals surface area contributed by atoms with Gasteiger partial charge in [0, 0.05) is 24.5 Å². The van der Waals surface area contributed by atoms with Crippen LogP contribution in [0.2, 0.25) is 0 Å². The van der Waals surface area contributed by atoms with E-state index in [2.05, 4.69) is 45.0 Å². The van der Waals surface area contributed by atoms with Crippen LogP contribution in [-0.2, 0) is 5.41 Å². The molecule has 7 atom stereocenters. The van der Waals surface area contributed by atoms with Crippen LogP contribution < -0.4 is 0 Å². The lowest BCUT2D eigenvalue weighted by Crippen LogP contribution is -2.47. The molecule has 0 saturated heterocycles. The van der Waals surface area contributed by atoms with Gasteiger partial charge in [0.2, 0.25) is 0 Å². The zero-order chi connectivity index (χ0) is 20.8. The summed E-state index contributed by atoms with van der Waals surface area (Å²) in [6, 6.07) is 10.4. The van der Waals surface area contributed by atoms with E-state index in [9.17, 15) is 15.3 Å². The van der Waals surface area contributed by atoms with E-state index >= 15 is 0 Å². The first-order valence-electron chi connectivity index (χ1n) is 11.5. The van der Waals surface area contributed by atoms with E-state index < -0.39 is 6.10 Å². The summed E-state index contributed by atoms with van der Waals surface area (Å²) >= 11 is 0. The van der Waals surface area contributed by atoms with Gasteiger partial charge in [-0.15, -0.1) is 0 Å². The first kappa shape index (κ1) is 21.1. The minimum atomic E-state index is -0.435. The number of hydrogen-bond donors (Lipinski definition) is 3. The average Bonchev–Trinajstić information content (AvgIpc) is 3.01. The molecule has 1 saturated carbocycles. The van der Waals surface area contributed by atoms with Crippen LogP contribution in [0.1, 0.15) is 64.9 Å². The van der Waals surface area contributed by atoms with Gasteiger partial charge in [-0.2, -0.15) is 0 Å². The minimum absolute atomic E-state index is 0.0594. The molecule has 3 nitrogen and oxygen atoms in total. The predicted molar refractivity (Wildman–Crippen MR) is 116 cm³/mol. The molecule has 0 heterocycles. The Morgan fingerprint density at radius 1 is 1.03 bits per heavy atom. The van der Waals surface area contributed by atoms with Gasteiger partial charge in [-0.05, 0) is 67.8 Å². The summed E-state index contributed by atoms with van der Waals surface area (Å²) in [6.45, 7) is 7.23. The third-order valence-corrected chi connectivity index (χ3v) is 9.17. The molecule has 3 aliphatic carbocycles. The van der Waals surface area contributed by atoms with Crippen molar-refractivity contribution in [1.29, 1.82) is 0 Å². The van der Waals surface area contributed by atoms with Crippen LogP contribution >= 0.6 is 0 Å². The van der Waals surface area contributed by atoms with E-state index in [-0.39, 0.29) is 30.0 Å². The molecule has 4 rings (SSSR count). The monoisotopic (exact) mass is 398 g/mol. The Hall–Kier alpha value is -1.16. The maximum atomic E-state index is 11.2. The molecule has 0 bridgehead atoms. The summed E-state index contributed by atoms with van der Waals surface area (Å²) in [5.74, 6) is 1.45. The lowest BCUT2D eigenvalue weighted by Gasteiger charge is -2.52. The molecule has 29 heavy (non-hydrogen) atoms. The van der Waals surface area contributed by atoms with Crippen molar-refractivity contribution < 1.29 is 15.3 Å². The molecule has 0 spiro atoms. The van der Waals surface area contributed by atoms with Gasteiger partial charge in [-0.25, -0.2) is 0 Å². The van der Waals surface area contributed by atoms with Gasteiger partial charge >= 0.3 is 0 Å². The lowest BCUT2D eigenvalue weighted by atomic mass is 9.53. The summed E-state index contributed by atoms with van der Waals surface area (Å²) in [5, 5.41) is 31.9. The Bertz CT molecular complexity index is 756. The molecule has 3 aliphatic rings. The Balaban J connectivity index is 1.71. The van der Waals surface area contributed by atoms with E-state index in [4.69, 9.17) is 0 Å². The first-order chi connectivity index (χ1) is 13.9. The zero-order valence-electron chi connectivity index (χ0n) is 18.3. The van der Waals surface area contributed by atoms with E-state index in [0.717, 1.165) is 25.7 Å². The molecule has 160 valence electrons. The van der Waals surface area contributed by atoms with Crippen molar-refractivity contribution in [3.8, 4) is 0 Å². The quantitative estimate of drug-likeness (QED) is 0.656. The van der Waals surface area contributed by atoms with Crippen molar-refractivity contribution in [3.05, 3.63) is 47.0 Å². The standard InChI is InChI=1S/C26H38O3/c1-17-11-12-25(2,19(13-17)15-27)22-9-10-23-20(21(22)16-28)14-24(29)26(23,3)18-7-5-4-6-8-18/h4-8,17,19,21-22,24,27-29H,9-16H2,1-3H3/t17-,19+,21-,22-,24+,25-,26-/m0/s1. The van der Waals surface area contributed by atoms with E-state index in [1.165, 1.54) is 23.1 Å². The van der Waals surface area contributed by atoms with Crippen LogP contribution in [0.15, 0.2) is 41.5 Å². The van der Waals surface area contributed by atoms with Crippen LogP contribution in [0.25, 0.3) is 0 Å². The second kappa shape index (κ2) is 7.83. The maximum Gasteiger partial charge on any atom is 0.0708 e. The van der Waals surface area contributed by atoms with Gasteiger partial charge in [0.05, 0.1) is 6.10 Å². The molecule has 0 radical (unpaired) electrons. The van der Waals surface area contributed by atoms with Crippen molar-refractivity contribution in [2.45, 2.75) is 70.8 Å². The number of hydrogen-bond acceptors (Lipinski definition) is 3. The van der Waals surface area contributed by atoms with Crippen molar-refractivity contribution in [2.24, 2.45) is 29.1 Å². The fourth-order valence-electron chi connectivity index (χ4n) is 7.19. The van der Waals surface area contributed by atoms with Crippen molar-refractivity contribution in [1.82, 2.24) is 0 Å². The van der Waals surface area contributed by atoms with Crippen molar-refractivity contribution >= 4 is 0 Å². The second-order valence-electron chi connectivity index (χ2n) is 10.5. The van der Waals surface area contributed by atoms with Crippen molar-refractivity contribution in [2.75, 3.05) is 13.2 Å². The molecule has 1 aromatic carbocycles. The highest BCUT2D eigenvalue weighted by Gasteiger charge is 2.54. The minimum Gasteiger partial charge on any atom is -0.396 e. The zero-order valence-corrected chi connectivity index (χ0v) is 18.3. The maximum absolute atomic E-state index is 11.2. The molecule has 0 amide bonds. The number of benzene rings is 1. The molecule has 1 aromatic rings. The molecular weight excluding hydrogens is 360 g/mol. The molecule has 0 unspecified atom stereocenters. The van der Waals surface area contributed by atoms with E-state index in [0.29, 0.717) is 24.2 Å². The largest absolute Gasteiger partial charge is 0.396 e. The number of rotatable bonds is 4. The normalized spacial score (nSPS) is 42.8. The van der Waals surface area contributed by atoms with Crippen LogP contribution in [0.5, 0.6) is 0 Å². The van der Waals surface area contributed by atoms with Gasteiger partial charge in [-0.3, -0.25) is 0 Å². The third kappa shape index (κ3) is 3.21. The number of aliphatic hydroxyl groups is 3. The highest BCUT2D eigenvalue weighted by molar-refractivity contribution is 5.46. The summed E-state index contributed by atoms with van der Waals surface area (Å²) in [6.07, 6.45) is 5.68. The molecule has 0 aromatic heterocycles. The molecule has 3 heteroatoms. The van der Waals surface area contributed by atoms with Crippen LogP contribution in [0.3, 0.4) is 0 Å². The van der Waals surface area contributed by atoms with Crippen LogP contribution in [-0.4, -0.2) is 34.6 Å². The Kier molecular flexibility index (Phi) is 5.69. The molecule has 0 aliphatic heterocycles. The Morgan fingerprint density at radius 3 is 2.41 bits per heavy atom. The molecular formula is C26H38O3. The van der Waals surface area contributed by atoms with Gasteiger partial charge in [-0.1, -0.05) is 61.7 Å². The van der Waals surface area contributed by atoms with Gasteiger partial charge < -0.3 is 15.3 Å². The third-order valence-electron chi connectivity index (χ3n) is 9.17. The van der Waals surface area contributed by atoms with Gasteiger partial charge in [0.15, 0.2) is 0 Å². The topological polar surface area (TPSA) is 60.7 Å². The average molecular weight is 399 g/mol. The van der Waals surface area contributed by atoms with Gasteiger partial charge in [0.25, 0.3) is 0 Å². The lowest BCUT2D eigenvalue weighted by molar-refractivity contribution is -0.0407. The fraction of sp³-hybridized carbons (Fsp3) is 0.692. The predicted octanol–water partition coefficient (Wildman–Crippen LogP) is 4.46. The summed E-state index contributed by atoms with van der Waals surface area (Å²) in [5.41, 5.74) is 3.55. The fourth-order valence-corrected chi connectivity index (χ4v) is 7.19. The first-order valence-corrected chi connectivity index (χ1v) is 11.5. The van der Waals surface area contributed by atoms with Gasteiger partial charge in [0.1, 0.15) is 0 Å². The SMILES string of the molecule is C[C@H]1CC[C@](C)([C@H]2CCC3=C(C[C@@H](O)[C@@]3(C)c3ccccc3)[C@@H]2CO)[C@@H](CO)C1. The molecule has 1 fully saturated rings. The Morgan fingerprint density at radius 2 is 1.76 bits per heavy atom.